The third-order valence-electron chi connectivity index (χ3n) is 3.20. The Morgan fingerprint density at radius 3 is 2.61 bits per heavy atom. The minimum Gasteiger partial charge on any atom is -0.497 e. The van der Waals surface area contributed by atoms with Crippen molar-refractivity contribution in [3.05, 3.63) is 59.2 Å². The molecule has 5 nitrogen and oxygen atoms in total. The average Bonchev–Trinajstić information content (AvgIpc) is 2.57. The zero-order valence-corrected chi connectivity index (χ0v) is 13.5. The van der Waals surface area contributed by atoms with Gasteiger partial charge in [0.15, 0.2) is 0 Å². The number of hydrogen-bond donors (Lipinski definition) is 1. The molecule has 0 aliphatic carbocycles. The normalized spacial score (nSPS) is 10.6. The lowest BCUT2D eigenvalue weighted by Gasteiger charge is -2.08. The van der Waals surface area contributed by atoms with Crippen LogP contribution in [-0.4, -0.2) is 25.8 Å². The number of aryl methyl sites for hydroxylation is 1. The highest BCUT2D eigenvalue weighted by Crippen LogP contribution is 2.22. The monoisotopic (exact) mass is 312 g/mol. The Kier molecular flexibility index (Phi) is 5.74. The fourth-order valence-electron chi connectivity index (χ4n) is 1.97. The molecule has 0 spiro atoms. The van der Waals surface area contributed by atoms with Crippen LogP contribution >= 0.6 is 0 Å². The van der Waals surface area contributed by atoms with E-state index in [0.29, 0.717) is 23.7 Å². The molecule has 0 bridgehead atoms. The molecule has 0 saturated carbocycles. The van der Waals surface area contributed by atoms with Crippen LogP contribution in [0.3, 0.4) is 0 Å². The highest BCUT2D eigenvalue weighted by molar-refractivity contribution is 5.95. The minimum atomic E-state index is -0.262. The average molecular weight is 312 g/mol. The molecule has 2 aromatic carbocycles. The van der Waals surface area contributed by atoms with Crippen LogP contribution in [0.1, 0.15) is 28.4 Å². The minimum absolute atomic E-state index is 0.262. The Labute approximate surface area is 135 Å². The van der Waals surface area contributed by atoms with Gasteiger partial charge < -0.3 is 9.47 Å². The molecule has 2 rings (SSSR count). The van der Waals surface area contributed by atoms with Gasteiger partial charge in [0, 0.05) is 11.1 Å². The number of hydrogen-bond acceptors (Lipinski definition) is 4. The lowest BCUT2D eigenvalue weighted by Crippen LogP contribution is -2.17. The van der Waals surface area contributed by atoms with Crippen molar-refractivity contribution < 1.29 is 14.3 Å². The number of ether oxygens (including phenoxy) is 2. The standard InChI is InChI=1S/C18H20N2O3/c1-4-23-17-10-9-16(22-3)11-15(17)12-19-20-18(21)14-7-5-13(2)6-8-14/h5-12H,4H2,1-3H3,(H,20,21)/b19-12+. The van der Waals surface area contributed by atoms with E-state index in [9.17, 15) is 4.79 Å². The molecule has 120 valence electrons. The van der Waals surface area contributed by atoms with Crippen molar-refractivity contribution in [1.82, 2.24) is 5.43 Å². The van der Waals surface area contributed by atoms with Crippen molar-refractivity contribution in [1.29, 1.82) is 0 Å². The summed E-state index contributed by atoms with van der Waals surface area (Å²) in [5.41, 5.74) is 4.90. The van der Waals surface area contributed by atoms with Gasteiger partial charge in [0.25, 0.3) is 5.91 Å². The van der Waals surface area contributed by atoms with Crippen molar-refractivity contribution in [2.45, 2.75) is 13.8 Å². The first kappa shape index (κ1) is 16.5. The topological polar surface area (TPSA) is 59.9 Å². The molecule has 0 aliphatic rings. The Balaban J connectivity index is 2.10. The van der Waals surface area contributed by atoms with Gasteiger partial charge in [0.1, 0.15) is 11.5 Å². The second-order valence-corrected chi connectivity index (χ2v) is 4.90. The molecule has 0 saturated heterocycles. The third-order valence-corrected chi connectivity index (χ3v) is 3.20. The number of nitrogens with zero attached hydrogens (tertiary/aromatic N) is 1. The van der Waals surface area contributed by atoms with Crippen LogP contribution in [-0.2, 0) is 0 Å². The fraction of sp³-hybridized carbons (Fsp3) is 0.222. The molecule has 0 fully saturated rings. The summed E-state index contributed by atoms with van der Waals surface area (Å²) >= 11 is 0. The number of methoxy groups -OCH3 is 1. The van der Waals surface area contributed by atoms with Crippen LogP contribution in [0.15, 0.2) is 47.6 Å². The Morgan fingerprint density at radius 2 is 1.96 bits per heavy atom. The second-order valence-electron chi connectivity index (χ2n) is 4.90. The van der Waals surface area contributed by atoms with Gasteiger partial charge in [-0.2, -0.15) is 5.10 Å². The summed E-state index contributed by atoms with van der Waals surface area (Å²) < 4.78 is 10.7. The molecule has 23 heavy (non-hydrogen) atoms. The maximum absolute atomic E-state index is 12.0. The molecule has 5 heteroatoms. The summed E-state index contributed by atoms with van der Waals surface area (Å²) in [5.74, 6) is 1.11. The number of hydrazone groups is 1. The van der Waals surface area contributed by atoms with E-state index in [2.05, 4.69) is 10.5 Å². The van der Waals surface area contributed by atoms with Crippen molar-refractivity contribution in [3.63, 3.8) is 0 Å². The van der Waals surface area contributed by atoms with Gasteiger partial charge in [-0.1, -0.05) is 17.7 Å². The van der Waals surface area contributed by atoms with Crippen LogP contribution in [0.5, 0.6) is 11.5 Å². The molecular weight excluding hydrogens is 292 g/mol. The SMILES string of the molecule is CCOc1ccc(OC)cc1/C=N/NC(=O)c1ccc(C)cc1. The Bertz CT molecular complexity index is 694. The number of benzene rings is 2. The van der Waals surface area contributed by atoms with Gasteiger partial charge in [-0.25, -0.2) is 5.43 Å². The summed E-state index contributed by atoms with van der Waals surface area (Å²) in [6.07, 6.45) is 1.54. The lowest BCUT2D eigenvalue weighted by atomic mass is 10.1. The van der Waals surface area contributed by atoms with Gasteiger partial charge in [0.05, 0.1) is 19.9 Å². The van der Waals surface area contributed by atoms with E-state index < -0.39 is 0 Å². The van der Waals surface area contributed by atoms with Gasteiger partial charge in [-0.3, -0.25) is 4.79 Å². The van der Waals surface area contributed by atoms with Crippen molar-refractivity contribution in [2.75, 3.05) is 13.7 Å². The summed E-state index contributed by atoms with van der Waals surface area (Å²) in [6, 6.07) is 12.7. The van der Waals surface area contributed by atoms with Crippen LogP contribution in [0.25, 0.3) is 0 Å². The first-order valence-electron chi connectivity index (χ1n) is 7.35. The first-order chi connectivity index (χ1) is 11.1. The number of amides is 1. The zero-order chi connectivity index (χ0) is 16.7. The second kappa shape index (κ2) is 7.98. The van der Waals surface area contributed by atoms with E-state index >= 15 is 0 Å². The lowest BCUT2D eigenvalue weighted by molar-refractivity contribution is 0.0955. The summed E-state index contributed by atoms with van der Waals surface area (Å²) in [7, 11) is 1.59. The molecule has 1 N–H and O–H groups in total. The maximum Gasteiger partial charge on any atom is 0.271 e. The molecule has 2 aromatic rings. The van der Waals surface area contributed by atoms with Gasteiger partial charge >= 0.3 is 0 Å². The van der Waals surface area contributed by atoms with Crippen molar-refractivity contribution in [2.24, 2.45) is 5.10 Å². The molecule has 0 aliphatic heterocycles. The molecule has 0 aromatic heterocycles. The largest absolute Gasteiger partial charge is 0.497 e. The Morgan fingerprint density at radius 1 is 1.22 bits per heavy atom. The summed E-state index contributed by atoms with van der Waals surface area (Å²) in [6.45, 7) is 4.42. The third kappa shape index (κ3) is 4.57. The van der Waals surface area contributed by atoms with E-state index in [4.69, 9.17) is 9.47 Å². The van der Waals surface area contributed by atoms with Crippen molar-refractivity contribution in [3.8, 4) is 11.5 Å². The molecule has 1 amide bonds. The van der Waals surface area contributed by atoms with E-state index in [1.165, 1.54) is 0 Å². The van der Waals surface area contributed by atoms with Crippen LogP contribution in [0, 0.1) is 6.92 Å². The molecular formula is C18H20N2O3. The van der Waals surface area contributed by atoms with Crippen LogP contribution in [0.4, 0.5) is 0 Å². The predicted molar refractivity (Wildman–Crippen MR) is 90.4 cm³/mol. The van der Waals surface area contributed by atoms with E-state index in [0.717, 1.165) is 11.1 Å². The van der Waals surface area contributed by atoms with Crippen LogP contribution < -0.4 is 14.9 Å². The highest BCUT2D eigenvalue weighted by Gasteiger charge is 2.05. The van der Waals surface area contributed by atoms with Crippen LogP contribution in [0.2, 0.25) is 0 Å². The number of rotatable bonds is 6. The smallest absolute Gasteiger partial charge is 0.271 e. The number of nitrogens with one attached hydrogen (secondary N) is 1. The van der Waals surface area contributed by atoms with E-state index in [1.807, 2.05) is 38.1 Å². The maximum atomic E-state index is 12.0. The highest BCUT2D eigenvalue weighted by atomic mass is 16.5. The molecule has 0 radical (unpaired) electrons. The van der Waals surface area contributed by atoms with E-state index in [1.54, 1.807) is 31.5 Å². The first-order valence-corrected chi connectivity index (χ1v) is 7.35. The Hall–Kier alpha value is -2.82. The fourth-order valence-corrected chi connectivity index (χ4v) is 1.97. The van der Waals surface area contributed by atoms with Gasteiger partial charge in [-0.05, 0) is 44.2 Å². The molecule has 0 heterocycles. The quantitative estimate of drug-likeness (QED) is 0.658. The number of carbonyl (C=O) groups is 1. The van der Waals surface area contributed by atoms with E-state index in [-0.39, 0.29) is 5.91 Å². The molecule has 0 atom stereocenters. The summed E-state index contributed by atoms with van der Waals surface area (Å²) in [5, 5.41) is 4.00. The molecule has 0 unspecified atom stereocenters. The van der Waals surface area contributed by atoms with Gasteiger partial charge in [0.2, 0.25) is 0 Å². The van der Waals surface area contributed by atoms with Crippen molar-refractivity contribution >= 4 is 12.1 Å². The summed E-state index contributed by atoms with van der Waals surface area (Å²) in [4.78, 5) is 12.0. The zero-order valence-electron chi connectivity index (χ0n) is 13.5. The van der Waals surface area contributed by atoms with Gasteiger partial charge in [-0.15, -0.1) is 0 Å². The number of carbonyl (C=O) groups excluding carboxylic acids is 1. The predicted octanol–water partition coefficient (Wildman–Crippen LogP) is 3.17.